The lowest BCUT2D eigenvalue weighted by molar-refractivity contribution is 0.247. The maximum Gasteiger partial charge on any atom is 0.319 e. The van der Waals surface area contributed by atoms with Gasteiger partial charge >= 0.3 is 6.03 Å². The summed E-state index contributed by atoms with van der Waals surface area (Å²) in [6.45, 7) is 2.75. The summed E-state index contributed by atoms with van der Waals surface area (Å²) in [6.07, 6.45) is 9.77. The van der Waals surface area contributed by atoms with E-state index in [2.05, 4.69) is 15.6 Å². The molecule has 4 rings (SSSR count). The second kappa shape index (κ2) is 5.96. The van der Waals surface area contributed by atoms with Crippen molar-refractivity contribution in [3.8, 4) is 11.5 Å². The van der Waals surface area contributed by atoms with Crippen LogP contribution in [0.4, 0.5) is 10.5 Å². The minimum Gasteiger partial charge on any atom is -0.445 e. The van der Waals surface area contributed by atoms with Crippen LogP contribution in [-0.2, 0) is 0 Å². The van der Waals surface area contributed by atoms with Gasteiger partial charge in [0.15, 0.2) is 0 Å². The van der Waals surface area contributed by atoms with Crippen LogP contribution in [0.25, 0.3) is 11.5 Å². The van der Waals surface area contributed by atoms with E-state index in [0.29, 0.717) is 17.2 Å². The monoisotopic (exact) mass is 325 g/mol. The number of carbonyl (C=O) groups excluding carboxylic acids is 1. The Bertz CT molecular complexity index is 735. The molecule has 126 valence electrons. The topological polar surface area (TPSA) is 67.2 Å². The highest BCUT2D eigenvalue weighted by atomic mass is 16.3. The van der Waals surface area contributed by atoms with Crippen molar-refractivity contribution in [2.24, 2.45) is 11.3 Å². The normalized spacial score (nSPS) is 21.0. The molecule has 24 heavy (non-hydrogen) atoms. The first-order valence-electron chi connectivity index (χ1n) is 8.72. The van der Waals surface area contributed by atoms with E-state index < -0.39 is 0 Å². The molecule has 1 aromatic heterocycles. The maximum absolute atomic E-state index is 12.3. The number of rotatable bonds is 4. The highest BCUT2D eigenvalue weighted by Crippen LogP contribution is 2.60. The van der Waals surface area contributed by atoms with Crippen LogP contribution in [-0.4, -0.2) is 17.6 Å². The van der Waals surface area contributed by atoms with Crippen LogP contribution in [0.5, 0.6) is 0 Å². The molecule has 5 nitrogen and oxygen atoms in total. The molecule has 2 aliphatic rings. The summed E-state index contributed by atoms with van der Waals surface area (Å²) in [7, 11) is 0. The minimum atomic E-state index is -0.134. The van der Waals surface area contributed by atoms with E-state index in [9.17, 15) is 4.79 Å². The van der Waals surface area contributed by atoms with Crippen molar-refractivity contribution < 1.29 is 9.21 Å². The zero-order valence-corrected chi connectivity index (χ0v) is 14.0. The Morgan fingerprint density at radius 3 is 3.00 bits per heavy atom. The van der Waals surface area contributed by atoms with Gasteiger partial charge in [0, 0.05) is 17.8 Å². The van der Waals surface area contributed by atoms with E-state index in [1.165, 1.54) is 32.1 Å². The van der Waals surface area contributed by atoms with E-state index in [4.69, 9.17) is 4.42 Å². The molecule has 0 bridgehead atoms. The molecule has 5 heteroatoms. The van der Waals surface area contributed by atoms with Crippen molar-refractivity contribution in [1.29, 1.82) is 0 Å². The Labute approximate surface area is 141 Å². The van der Waals surface area contributed by atoms with Crippen LogP contribution in [0.2, 0.25) is 0 Å². The van der Waals surface area contributed by atoms with E-state index in [-0.39, 0.29) is 6.03 Å². The number of benzene rings is 1. The summed E-state index contributed by atoms with van der Waals surface area (Å²) in [6, 6.07) is 5.61. The van der Waals surface area contributed by atoms with E-state index in [1.807, 2.05) is 25.1 Å². The van der Waals surface area contributed by atoms with Gasteiger partial charge in [0.2, 0.25) is 5.89 Å². The molecular weight excluding hydrogens is 302 g/mol. The summed E-state index contributed by atoms with van der Waals surface area (Å²) in [5, 5.41) is 6.03. The minimum absolute atomic E-state index is 0.134. The number of anilines is 1. The number of hydrogen-bond donors (Lipinski definition) is 2. The molecule has 2 aromatic rings. The standard InChI is InChI=1S/C19H23N3O2/c1-13-15(17-20-10-11-24-17)5-2-6-16(13)22-18(23)21-12-14-4-3-7-19(14)8-9-19/h2,5-6,10-11,14H,3-4,7-9,12H2,1H3,(H2,21,22,23). The predicted octanol–water partition coefficient (Wildman–Crippen LogP) is 4.35. The second-order valence-corrected chi connectivity index (χ2v) is 7.10. The Balaban J connectivity index is 1.40. The SMILES string of the molecule is Cc1c(NC(=O)NCC2CCCC23CC3)cccc1-c1ncco1. The molecule has 0 saturated heterocycles. The fourth-order valence-electron chi connectivity index (χ4n) is 4.09. The van der Waals surface area contributed by atoms with Gasteiger partial charge in [0.05, 0.1) is 6.20 Å². The molecule has 2 amide bonds. The summed E-state index contributed by atoms with van der Waals surface area (Å²) in [4.78, 5) is 16.5. The number of carbonyl (C=O) groups is 1. The molecule has 1 aromatic carbocycles. The van der Waals surface area contributed by atoms with Gasteiger partial charge in [-0.2, -0.15) is 0 Å². The van der Waals surface area contributed by atoms with Crippen LogP contribution in [0.15, 0.2) is 35.1 Å². The van der Waals surface area contributed by atoms with Gasteiger partial charge < -0.3 is 15.1 Å². The van der Waals surface area contributed by atoms with Crippen molar-refractivity contribution in [3.05, 3.63) is 36.2 Å². The van der Waals surface area contributed by atoms with Gasteiger partial charge in [-0.15, -0.1) is 0 Å². The first-order valence-corrected chi connectivity index (χ1v) is 8.72. The number of hydrogen-bond acceptors (Lipinski definition) is 3. The molecule has 0 aliphatic heterocycles. The van der Waals surface area contributed by atoms with E-state index >= 15 is 0 Å². The second-order valence-electron chi connectivity index (χ2n) is 7.10. The lowest BCUT2D eigenvalue weighted by atomic mass is 9.93. The lowest BCUT2D eigenvalue weighted by Gasteiger charge is -2.19. The number of nitrogens with zero attached hydrogens (tertiary/aromatic N) is 1. The Hall–Kier alpha value is -2.30. The molecule has 2 N–H and O–H groups in total. The summed E-state index contributed by atoms with van der Waals surface area (Å²) in [5.74, 6) is 1.22. The fraction of sp³-hybridized carbons (Fsp3) is 0.474. The van der Waals surface area contributed by atoms with Crippen molar-refractivity contribution in [1.82, 2.24) is 10.3 Å². The third-order valence-corrected chi connectivity index (χ3v) is 5.74. The molecule has 1 heterocycles. The number of nitrogens with one attached hydrogen (secondary N) is 2. The molecule has 1 spiro atoms. The largest absolute Gasteiger partial charge is 0.445 e. The molecule has 2 aliphatic carbocycles. The van der Waals surface area contributed by atoms with Gasteiger partial charge in [0.25, 0.3) is 0 Å². The van der Waals surface area contributed by atoms with Gasteiger partial charge in [-0.3, -0.25) is 0 Å². The van der Waals surface area contributed by atoms with E-state index in [1.54, 1.807) is 12.5 Å². The highest BCUT2D eigenvalue weighted by molar-refractivity contribution is 5.91. The average molecular weight is 325 g/mol. The maximum atomic E-state index is 12.3. The molecule has 2 saturated carbocycles. The summed E-state index contributed by atoms with van der Waals surface area (Å²) in [5.41, 5.74) is 3.20. The lowest BCUT2D eigenvalue weighted by Crippen LogP contribution is -2.34. The molecule has 1 unspecified atom stereocenters. The average Bonchev–Trinajstić information content (AvgIpc) is 2.97. The predicted molar refractivity (Wildman–Crippen MR) is 92.7 cm³/mol. The van der Waals surface area contributed by atoms with Gasteiger partial charge in [-0.1, -0.05) is 12.5 Å². The quantitative estimate of drug-likeness (QED) is 0.878. The molecule has 0 radical (unpaired) electrons. The van der Waals surface area contributed by atoms with Crippen LogP contribution in [0.1, 0.15) is 37.7 Å². The van der Waals surface area contributed by atoms with Crippen LogP contribution < -0.4 is 10.6 Å². The number of oxazole rings is 1. The smallest absolute Gasteiger partial charge is 0.319 e. The van der Waals surface area contributed by atoms with Crippen molar-refractivity contribution in [2.45, 2.75) is 39.0 Å². The third kappa shape index (κ3) is 2.79. The molecule has 1 atom stereocenters. The Morgan fingerprint density at radius 1 is 1.38 bits per heavy atom. The van der Waals surface area contributed by atoms with Gasteiger partial charge in [-0.05, 0) is 61.6 Å². The third-order valence-electron chi connectivity index (χ3n) is 5.74. The zero-order valence-electron chi connectivity index (χ0n) is 14.0. The Kier molecular flexibility index (Phi) is 3.79. The van der Waals surface area contributed by atoms with Crippen LogP contribution in [0.3, 0.4) is 0 Å². The summed E-state index contributed by atoms with van der Waals surface area (Å²) >= 11 is 0. The van der Waals surface area contributed by atoms with E-state index in [0.717, 1.165) is 23.4 Å². The first kappa shape index (κ1) is 15.2. The summed E-state index contributed by atoms with van der Waals surface area (Å²) < 4.78 is 5.37. The number of amides is 2. The van der Waals surface area contributed by atoms with Crippen LogP contribution in [0, 0.1) is 18.3 Å². The highest BCUT2D eigenvalue weighted by Gasteiger charge is 2.51. The van der Waals surface area contributed by atoms with Crippen molar-refractivity contribution in [3.63, 3.8) is 0 Å². The molecule has 2 fully saturated rings. The number of urea groups is 1. The van der Waals surface area contributed by atoms with Crippen molar-refractivity contribution >= 4 is 11.7 Å². The fourth-order valence-corrected chi connectivity index (χ4v) is 4.09. The van der Waals surface area contributed by atoms with Crippen LogP contribution >= 0.6 is 0 Å². The zero-order chi connectivity index (χ0) is 16.6. The van der Waals surface area contributed by atoms with Gasteiger partial charge in [-0.25, -0.2) is 9.78 Å². The number of aromatic nitrogens is 1. The van der Waals surface area contributed by atoms with Crippen molar-refractivity contribution in [2.75, 3.05) is 11.9 Å². The molecular formula is C19H23N3O2. The first-order chi connectivity index (χ1) is 11.7. The van der Waals surface area contributed by atoms with Gasteiger partial charge in [0.1, 0.15) is 6.26 Å². The Morgan fingerprint density at radius 2 is 2.25 bits per heavy atom.